The summed E-state index contributed by atoms with van der Waals surface area (Å²) in [6, 6.07) is 11.7. The fraction of sp³-hybridized carbons (Fsp3) is 0.0714. The second-order valence-corrected chi connectivity index (χ2v) is 3.92. The number of methoxy groups -OCH3 is 1. The zero-order valence-corrected chi connectivity index (χ0v) is 10.1. The minimum Gasteiger partial charge on any atom is -0.466 e. The largest absolute Gasteiger partial charge is 0.466 e. The van der Waals surface area contributed by atoms with E-state index < -0.39 is 5.97 Å². The Hall–Kier alpha value is -1.80. The van der Waals surface area contributed by atoms with Crippen molar-refractivity contribution in [3.05, 3.63) is 53.1 Å². The number of fused-ring (bicyclic) bond motifs is 1. The number of hydrogen-bond acceptors (Lipinski definition) is 2. The first-order valence-corrected chi connectivity index (χ1v) is 5.53. The molecule has 2 aromatic carbocycles. The first kappa shape index (κ1) is 11.7. The van der Waals surface area contributed by atoms with Crippen LogP contribution >= 0.6 is 11.6 Å². The predicted octanol–water partition coefficient (Wildman–Crippen LogP) is 3.68. The number of rotatable bonds is 2. The average Bonchev–Trinajstić information content (AvgIpc) is 2.38. The molecule has 2 rings (SSSR count). The highest BCUT2D eigenvalue weighted by atomic mass is 35.5. The van der Waals surface area contributed by atoms with E-state index in [9.17, 15) is 4.79 Å². The molecule has 0 heterocycles. The zero-order valence-electron chi connectivity index (χ0n) is 9.31. The molecule has 0 fully saturated rings. The summed E-state index contributed by atoms with van der Waals surface area (Å²) in [5.74, 6) is -0.394. The average molecular weight is 247 g/mol. The van der Waals surface area contributed by atoms with E-state index in [0.29, 0.717) is 5.02 Å². The summed E-state index contributed by atoms with van der Waals surface area (Å²) in [6.07, 6.45) is 3.01. The third-order valence-electron chi connectivity index (χ3n) is 2.49. The van der Waals surface area contributed by atoms with Gasteiger partial charge in [-0.3, -0.25) is 0 Å². The van der Waals surface area contributed by atoms with Crippen molar-refractivity contribution in [3.63, 3.8) is 0 Å². The van der Waals surface area contributed by atoms with Crippen molar-refractivity contribution in [2.24, 2.45) is 0 Å². The van der Waals surface area contributed by atoms with Crippen LogP contribution in [0.15, 0.2) is 42.5 Å². The van der Waals surface area contributed by atoms with Crippen LogP contribution in [0.3, 0.4) is 0 Å². The molecule has 0 spiro atoms. The van der Waals surface area contributed by atoms with Gasteiger partial charge in [-0.15, -0.1) is 0 Å². The van der Waals surface area contributed by atoms with Gasteiger partial charge >= 0.3 is 5.97 Å². The third-order valence-corrected chi connectivity index (χ3v) is 2.92. The number of halogens is 1. The van der Waals surface area contributed by atoms with Gasteiger partial charge in [-0.2, -0.15) is 0 Å². The van der Waals surface area contributed by atoms with E-state index in [-0.39, 0.29) is 0 Å². The first-order chi connectivity index (χ1) is 8.22. The molecule has 0 N–H and O–H groups in total. The Bertz CT molecular complexity index is 588. The van der Waals surface area contributed by atoms with E-state index in [1.54, 1.807) is 6.08 Å². The summed E-state index contributed by atoms with van der Waals surface area (Å²) >= 11 is 6.26. The lowest BCUT2D eigenvalue weighted by Gasteiger charge is -2.03. The second-order valence-electron chi connectivity index (χ2n) is 3.55. The van der Waals surface area contributed by atoms with Crippen LogP contribution in [-0.4, -0.2) is 13.1 Å². The van der Waals surface area contributed by atoms with E-state index in [1.165, 1.54) is 13.2 Å². The van der Waals surface area contributed by atoms with Crippen LogP contribution in [0.4, 0.5) is 0 Å². The number of hydrogen-bond donors (Lipinski definition) is 0. The van der Waals surface area contributed by atoms with Crippen LogP contribution in [0, 0.1) is 0 Å². The second kappa shape index (κ2) is 5.02. The Morgan fingerprint density at radius 1 is 1.24 bits per heavy atom. The standard InChI is InChI=1S/C14H11ClO2/c1-17-13(16)9-8-11-7-6-10-4-2-3-5-12(10)14(11)15/h2-9H,1H3/b9-8+. The lowest BCUT2D eigenvalue weighted by Crippen LogP contribution is -1.93. The lowest BCUT2D eigenvalue weighted by molar-refractivity contribution is -0.134. The Labute approximate surface area is 104 Å². The van der Waals surface area contributed by atoms with E-state index in [1.807, 2.05) is 36.4 Å². The van der Waals surface area contributed by atoms with Gasteiger partial charge in [-0.25, -0.2) is 4.79 Å². The molecule has 0 radical (unpaired) electrons. The van der Waals surface area contributed by atoms with E-state index in [4.69, 9.17) is 11.6 Å². The highest BCUT2D eigenvalue weighted by Gasteiger charge is 2.03. The van der Waals surface area contributed by atoms with Crippen LogP contribution in [0.5, 0.6) is 0 Å². The predicted molar refractivity (Wildman–Crippen MR) is 70.0 cm³/mol. The molecule has 0 saturated carbocycles. The summed E-state index contributed by atoms with van der Waals surface area (Å²) < 4.78 is 4.53. The highest BCUT2D eigenvalue weighted by molar-refractivity contribution is 6.37. The number of benzene rings is 2. The van der Waals surface area contributed by atoms with Crippen LogP contribution in [0.1, 0.15) is 5.56 Å². The Morgan fingerprint density at radius 3 is 2.76 bits per heavy atom. The maximum absolute atomic E-state index is 11.0. The third kappa shape index (κ3) is 2.48. The Morgan fingerprint density at radius 2 is 2.00 bits per heavy atom. The van der Waals surface area contributed by atoms with Crippen molar-refractivity contribution < 1.29 is 9.53 Å². The molecule has 0 bridgehead atoms. The topological polar surface area (TPSA) is 26.3 Å². The highest BCUT2D eigenvalue weighted by Crippen LogP contribution is 2.27. The molecular weight excluding hydrogens is 236 g/mol. The van der Waals surface area contributed by atoms with Gasteiger partial charge in [-0.1, -0.05) is 48.0 Å². The number of carbonyl (C=O) groups excluding carboxylic acids is 1. The van der Waals surface area contributed by atoms with Crippen molar-refractivity contribution in [2.75, 3.05) is 7.11 Å². The summed E-state index contributed by atoms with van der Waals surface area (Å²) in [5, 5.41) is 2.69. The lowest BCUT2D eigenvalue weighted by atomic mass is 10.1. The normalized spacial score (nSPS) is 10.9. The van der Waals surface area contributed by atoms with Gasteiger partial charge in [-0.05, 0) is 17.0 Å². The summed E-state index contributed by atoms with van der Waals surface area (Å²) in [7, 11) is 1.34. The fourth-order valence-corrected chi connectivity index (χ4v) is 1.90. The van der Waals surface area contributed by atoms with Crippen LogP contribution in [0.2, 0.25) is 5.02 Å². The van der Waals surface area contributed by atoms with Gasteiger partial charge in [0, 0.05) is 11.5 Å². The molecule has 0 atom stereocenters. The van der Waals surface area contributed by atoms with Crippen molar-refractivity contribution in [1.82, 2.24) is 0 Å². The zero-order chi connectivity index (χ0) is 12.3. The van der Waals surface area contributed by atoms with Crippen LogP contribution in [-0.2, 0) is 9.53 Å². The Kier molecular flexibility index (Phi) is 3.45. The van der Waals surface area contributed by atoms with Gasteiger partial charge in [0.15, 0.2) is 0 Å². The van der Waals surface area contributed by atoms with E-state index in [0.717, 1.165) is 16.3 Å². The smallest absolute Gasteiger partial charge is 0.330 e. The number of ether oxygens (including phenoxy) is 1. The molecule has 0 unspecified atom stereocenters. The van der Waals surface area contributed by atoms with Crippen LogP contribution < -0.4 is 0 Å². The number of esters is 1. The first-order valence-electron chi connectivity index (χ1n) is 5.15. The summed E-state index contributed by atoms with van der Waals surface area (Å²) in [4.78, 5) is 11.0. The molecule has 0 aliphatic heterocycles. The van der Waals surface area contributed by atoms with Gasteiger partial charge in [0.2, 0.25) is 0 Å². The number of carbonyl (C=O) groups is 1. The fourth-order valence-electron chi connectivity index (χ4n) is 1.61. The molecule has 2 aromatic rings. The molecule has 17 heavy (non-hydrogen) atoms. The van der Waals surface area contributed by atoms with E-state index >= 15 is 0 Å². The van der Waals surface area contributed by atoms with Gasteiger partial charge < -0.3 is 4.74 Å². The van der Waals surface area contributed by atoms with Gasteiger partial charge in [0.25, 0.3) is 0 Å². The quantitative estimate of drug-likeness (QED) is 0.597. The van der Waals surface area contributed by atoms with Crippen molar-refractivity contribution >= 4 is 34.4 Å². The maximum atomic E-state index is 11.0. The minimum atomic E-state index is -0.394. The van der Waals surface area contributed by atoms with E-state index in [2.05, 4.69) is 4.74 Å². The molecule has 0 aromatic heterocycles. The summed E-state index contributed by atoms with van der Waals surface area (Å²) in [6.45, 7) is 0. The molecular formula is C14H11ClO2. The Balaban J connectivity index is 2.46. The molecule has 0 amide bonds. The van der Waals surface area contributed by atoms with Crippen molar-refractivity contribution in [1.29, 1.82) is 0 Å². The monoisotopic (exact) mass is 246 g/mol. The van der Waals surface area contributed by atoms with Crippen molar-refractivity contribution in [2.45, 2.75) is 0 Å². The summed E-state index contributed by atoms with van der Waals surface area (Å²) in [5.41, 5.74) is 0.802. The van der Waals surface area contributed by atoms with Crippen LogP contribution in [0.25, 0.3) is 16.8 Å². The maximum Gasteiger partial charge on any atom is 0.330 e. The molecule has 0 aliphatic carbocycles. The molecule has 3 heteroatoms. The minimum absolute atomic E-state index is 0.394. The SMILES string of the molecule is COC(=O)/C=C/c1ccc2ccccc2c1Cl. The van der Waals surface area contributed by atoms with Gasteiger partial charge in [0.05, 0.1) is 12.1 Å². The van der Waals surface area contributed by atoms with Crippen molar-refractivity contribution in [3.8, 4) is 0 Å². The molecule has 0 aliphatic rings. The van der Waals surface area contributed by atoms with Gasteiger partial charge in [0.1, 0.15) is 0 Å². The molecule has 2 nitrogen and oxygen atoms in total. The molecule has 86 valence electrons. The molecule has 0 saturated heterocycles.